The lowest BCUT2D eigenvalue weighted by atomic mass is 10.1. The SMILES string of the molecule is CC(C)CNCCCc1nnc(-c2snnc2C(C)C)s1. The molecule has 2 heterocycles. The van der Waals surface area contributed by atoms with Crippen LogP contribution in [0.25, 0.3) is 9.88 Å². The highest BCUT2D eigenvalue weighted by Gasteiger charge is 2.17. The van der Waals surface area contributed by atoms with Gasteiger partial charge in [0.1, 0.15) is 9.88 Å². The zero-order valence-corrected chi connectivity index (χ0v) is 14.7. The van der Waals surface area contributed by atoms with Gasteiger partial charge in [-0.15, -0.1) is 15.3 Å². The molecule has 116 valence electrons. The molecular weight excluding hydrogens is 302 g/mol. The fraction of sp³-hybridized carbons (Fsp3) is 0.714. The molecule has 0 unspecified atom stereocenters. The van der Waals surface area contributed by atoms with Crippen molar-refractivity contribution in [3.05, 3.63) is 10.7 Å². The molecule has 2 aromatic rings. The Morgan fingerprint density at radius 3 is 2.62 bits per heavy atom. The van der Waals surface area contributed by atoms with Gasteiger partial charge in [-0.3, -0.25) is 0 Å². The highest BCUT2D eigenvalue weighted by Crippen LogP contribution is 2.32. The van der Waals surface area contributed by atoms with Crippen molar-refractivity contribution in [3.8, 4) is 9.88 Å². The first-order valence-corrected chi connectivity index (χ1v) is 9.02. The second-order valence-corrected chi connectivity index (χ2v) is 7.66. The Labute approximate surface area is 134 Å². The molecule has 0 radical (unpaired) electrons. The van der Waals surface area contributed by atoms with E-state index in [2.05, 4.69) is 52.8 Å². The van der Waals surface area contributed by atoms with Crippen molar-refractivity contribution in [2.45, 2.75) is 46.5 Å². The van der Waals surface area contributed by atoms with Crippen LogP contribution in [-0.4, -0.2) is 32.9 Å². The standard InChI is InChI=1S/C14H23N5S2/c1-9(2)8-15-7-5-6-11-16-18-14(20-11)13-12(10(3)4)17-19-21-13/h9-10,15H,5-8H2,1-4H3. The number of aryl methyl sites for hydroxylation is 1. The van der Waals surface area contributed by atoms with E-state index in [-0.39, 0.29) is 0 Å². The summed E-state index contributed by atoms with van der Waals surface area (Å²) in [6.07, 6.45) is 2.07. The fourth-order valence-corrected chi connectivity index (χ4v) is 3.69. The molecule has 5 nitrogen and oxygen atoms in total. The molecular formula is C14H23N5S2. The fourth-order valence-electron chi connectivity index (χ4n) is 1.93. The molecule has 0 saturated heterocycles. The van der Waals surface area contributed by atoms with E-state index < -0.39 is 0 Å². The van der Waals surface area contributed by atoms with E-state index in [0.29, 0.717) is 11.8 Å². The third kappa shape index (κ3) is 4.79. The van der Waals surface area contributed by atoms with E-state index in [1.165, 1.54) is 11.5 Å². The summed E-state index contributed by atoms with van der Waals surface area (Å²) in [5.41, 5.74) is 1.03. The third-order valence-electron chi connectivity index (χ3n) is 3.02. The molecule has 0 aromatic carbocycles. The molecule has 0 fully saturated rings. The van der Waals surface area contributed by atoms with Crippen molar-refractivity contribution in [2.75, 3.05) is 13.1 Å². The van der Waals surface area contributed by atoms with Gasteiger partial charge in [-0.1, -0.05) is 43.5 Å². The topological polar surface area (TPSA) is 63.6 Å². The number of hydrogen-bond acceptors (Lipinski definition) is 7. The van der Waals surface area contributed by atoms with Crippen LogP contribution in [-0.2, 0) is 6.42 Å². The first-order chi connectivity index (χ1) is 10.1. The van der Waals surface area contributed by atoms with Gasteiger partial charge in [-0.25, -0.2) is 0 Å². The van der Waals surface area contributed by atoms with Crippen molar-refractivity contribution < 1.29 is 0 Å². The summed E-state index contributed by atoms with van der Waals surface area (Å²) in [4.78, 5) is 1.08. The maximum atomic E-state index is 4.31. The molecule has 2 rings (SSSR count). The van der Waals surface area contributed by atoms with Gasteiger partial charge in [0, 0.05) is 6.42 Å². The van der Waals surface area contributed by atoms with Crippen molar-refractivity contribution in [1.82, 2.24) is 25.1 Å². The van der Waals surface area contributed by atoms with Crippen molar-refractivity contribution in [2.24, 2.45) is 5.92 Å². The van der Waals surface area contributed by atoms with Crippen LogP contribution >= 0.6 is 22.9 Å². The van der Waals surface area contributed by atoms with Gasteiger partial charge in [-0.2, -0.15) is 0 Å². The quantitative estimate of drug-likeness (QED) is 0.754. The molecule has 1 N–H and O–H groups in total. The second kappa shape index (κ2) is 7.91. The molecule has 0 atom stereocenters. The molecule has 0 bridgehead atoms. The molecule has 0 amide bonds. The zero-order chi connectivity index (χ0) is 15.2. The lowest BCUT2D eigenvalue weighted by Gasteiger charge is -2.05. The van der Waals surface area contributed by atoms with E-state index in [0.717, 1.165) is 46.5 Å². The monoisotopic (exact) mass is 325 g/mol. The lowest BCUT2D eigenvalue weighted by Crippen LogP contribution is -2.21. The minimum Gasteiger partial charge on any atom is -0.316 e. The molecule has 0 aliphatic rings. The summed E-state index contributed by atoms with van der Waals surface area (Å²) in [6, 6.07) is 0. The van der Waals surface area contributed by atoms with Crippen LogP contribution in [0, 0.1) is 5.92 Å². The van der Waals surface area contributed by atoms with Gasteiger partial charge in [0.2, 0.25) is 0 Å². The number of aromatic nitrogens is 4. The Hall–Kier alpha value is -0.920. The highest BCUT2D eigenvalue weighted by atomic mass is 32.1. The largest absolute Gasteiger partial charge is 0.316 e. The van der Waals surface area contributed by atoms with Gasteiger partial charge in [0.05, 0.1) is 5.69 Å². The van der Waals surface area contributed by atoms with Crippen LogP contribution in [0.1, 0.15) is 50.7 Å². The molecule has 2 aromatic heterocycles. The van der Waals surface area contributed by atoms with Crippen LogP contribution in [0.5, 0.6) is 0 Å². The zero-order valence-electron chi connectivity index (χ0n) is 13.1. The Morgan fingerprint density at radius 2 is 1.90 bits per heavy atom. The number of nitrogens with one attached hydrogen (secondary N) is 1. The average molecular weight is 326 g/mol. The summed E-state index contributed by atoms with van der Waals surface area (Å²) in [6.45, 7) is 10.8. The molecule has 0 saturated carbocycles. The molecule has 0 aliphatic heterocycles. The molecule has 0 spiro atoms. The Bertz CT molecular complexity index is 547. The maximum absolute atomic E-state index is 4.31. The Kier molecular flexibility index (Phi) is 6.20. The van der Waals surface area contributed by atoms with Crippen molar-refractivity contribution in [1.29, 1.82) is 0 Å². The van der Waals surface area contributed by atoms with Crippen LogP contribution in [0.2, 0.25) is 0 Å². The Balaban J connectivity index is 1.88. The van der Waals surface area contributed by atoms with Gasteiger partial charge in [-0.05, 0) is 42.9 Å². The van der Waals surface area contributed by atoms with Gasteiger partial charge < -0.3 is 5.32 Å². The predicted octanol–water partition coefficient (Wildman–Crippen LogP) is 3.36. The van der Waals surface area contributed by atoms with Gasteiger partial charge >= 0.3 is 0 Å². The second-order valence-electron chi connectivity index (χ2n) is 5.84. The van der Waals surface area contributed by atoms with Crippen molar-refractivity contribution >= 4 is 22.9 Å². The van der Waals surface area contributed by atoms with Gasteiger partial charge in [0.25, 0.3) is 0 Å². The average Bonchev–Trinajstić information content (AvgIpc) is 3.06. The van der Waals surface area contributed by atoms with E-state index >= 15 is 0 Å². The van der Waals surface area contributed by atoms with Crippen molar-refractivity contribution in [3.63, 3.8) is 0 Å². The van der Waals surface area contributed by atoms with Crippen LogP contribution in [0.4, 0.5) is 0 Å². The Morgan fingerprint density at radius 1 is 1.10 bits per heavy atom. The number of nitrogens with zero attached hydrogens (tertiary/aromatic N) is 4. The predicted molar refractivity (Wildman–Crippen MR) is 88.9 cm³/mol. The van der Waals surface area contributed by atoms with E-state index in [1.807, 2.05) is 0 Å². The first-order valence-electron chi connectivity index (χ1n) is 7.43. The van der Waals surface area contributed by atoms with Crippen LogP contribution in [0.15, 0.2) is 0 Å². The molecule has 7 heteroatoms. The minimum absolute atomic E-state index is 0.367. The smallest absolute Gasteiger partial charge is 0.161 e. The van der Waals surface area contributed by atoms with Gasteiger partial charge in [0.15, 0.2) is 5.01 Å². The van der Waals surface area contributed by atoms with E-state index in [1.54, 1.807) is 11.3 Å². The van der Waals surface area contributed by atoms with Crippen LogP contribution < -0.4 is 5.32 Å². The first kappa shape index (κ1) is 16.5. The van der Waals surface area contributed by atoms with E-state index in [9.17, 15) is 0 Å². The van der Waals surface area contributed by atoms with E-state index in [4.69, 9.17) is 0 Å². The molecule has 0 aliphatic carbocycles. The summed E-state index contributed by atoms with van der Waals surface area (Å²) in [5, 5.41) is 18.3. The molecule has 21 heavy (non-hydrogen) atoms. The maximum Gasteiger partial charge on any atom is 0.161 e. The normalized spacial score (nSPS) is 11.7. The highest BCUT2D eigenvalue weighted by molar-refractivity contribution is 7.19. The summed E-state index contributed by atoms with van der Waals surface area (Å²) in [5.74, 6) is 1.07. The lowest BCUT2D eigenvalue weighted by molar-refractivity contribution is 0.542. The summed E-state index contributed by atoms with van der Waals surface area (Å²) < 4.78 is 4.05. The number of hydrogen-bond donors (Lipinski definition) is 1. The minimum atomic E-state index is 0.367. The summed E-state index contributed by atoms with van der Waals surface area (Å²) >= 11 is 3.08. The van der Waals surface area contributed by atoms with Crippen LogP contribution in [0.3, 0.4) is 0 Å². The summed E-state index contributed by atoms with van der Waals surface area (Å²) in [7, 11) is 0. The third-order valence-corrected chi connectivity index (χ3v) is 4.90. The number of rotatable bonds is 8.